The van der Waals surface area contributed by atoms with Crippen molar-refractivity contribution >= 4 is 23.6 Å². The zero-order chi connectivity index (χ0) is 18.8. The third-order valence-electron chi connectivity index (χ3n) is 4.83. The average molecular weight is 378 g/mol. The van der Waals surface area contributed by atoms with Gasteiger partial charge in [0.1, 0.15) is 0 Å². The predicted octanol–water partition coefficient (Wildman–Crippen LogP) is 2.77. The highest BCUT2D eigenvalue weighted by Crippen LogP contribution is 2.24. The second-order valence-corrected chi connectivity index (χ2v) is 7.94. The fourth-order valence-corrected chi connectivity index (χ4v) is 4.07. The van der Waals surface area contributed by atoms with Gasteiger partial charge in [0, 0.05) is 31.6 Å². The van der Waals surface area contributed by atoms with Gasteiger partial charge in [-0.3, -0.25) is 9.59 Å². The summed E-state index contributed by atoms with van der Waals surface area (Å²) in [6, 6.07) is 7.53. The molecule has 0 aromatic heterocycles. The maximum Gasteiger partial charge on any atom is 0.254 e. The molecule has 2 rings (SSSR count). The summed E-state index contributed by atoms with van der Waals surface area (Å²) in [4.78, 5) is 27.4. The first-order valence-corrected chi connectivity index (χ1v) is 10.5. The van der Waals surface area contributed by atoms with Crippen molar-refractivity contribution in [2.45, 2.75) is 37.0 Å². The summed E-state index contributed by atoms with van der Waals surface area (Å²) in [6.07, 6.45) is 6.35. The SMILES string of the molecule is CNCCN(C)C(=O)c1ccccc1SCC(=O)NCC1CCCCC1. The number of benzene rings is 1. The van der Waals surface area contributed by atoms with Crippen molar-refractivity contribution in [1.82, 2.24) is 15.5 Å². The molecule has 1 saturated carbocycles. The highest BCUT2D eigenvalue weighted by molar-refractivity contribution is 8.00. The van der Waals surface area contributed by atoms with Gasteiger partial charge in [-0.2, -0.15) is 0 Å². The number of nitrogens with zero attached hydrogens (tertiary/aromatic N) is 1. The minimum atomic E-state index is -0.00837. The fraction of sp³-hybridized carbons (Fsp3) is 0.600. The van der Waals surface area contributed by atoms with E-state index >= 15 is 0 Å². The van der Waals surface area contributed by atoms with Crippen LogP contribution in [0.4, 0.5) is 0 Å². The molecule has 1 aromatic carbocycles. The molecule has 6 heteroatoms. The van der Waals surface area contributed by atoms with Crippen LogP contribution in [0.15, 0.2) is 29.2 Å². The lowest BCUT2D eigenvalue weighted by atomic mass is 9.89. The van der Waals surface area contributed by atoms with Crippen molar-refractivity contribution in [2.24, 2.45) is 5.92 Å². The molecule has 1 aliphatic carbocycles. The Hall–Kier alpha value is -1.53. The van der Waals surface area contributed by atoms with Crippen LogP contribution in [0.2, 0.25) is 0 Å². The lowest BCUT2D eigenvalue weighted by Gasteiger charge is -2.21. The van der Waals surface area contributed by atoms with E-state index in [0.717, 1.165) is 18.0 Å². The summed E-state index contributed by atoms with van der Waals surface area (Å²) in [6.45, 7) is 2.18. The number of amides is 2. The molecule has 0 bridgehead atoms. The molecule has 0 saturated heterocycles. The normalized spacial score (nSPS) is 14.8. The number of hydrogen-bond acceptors (Lipinski definition) is 4. The van der Waals surface area contributed by atoms with Crippen LogP contribution < -0.4 is 10.6 Å². The van der Waals surface area contributed by atoms with E-state index in [0.29, 0.717) is 23.8 Å². The highest BCUT2D eigenvalue weighted by Gasteiger charge is 2.17. The van der Waals surface area contributed by atoms with Crippen molar-refractivity contribution in [1.29, 1.82) is 0 Å². The molecular weight excluding hydrogens is 346 g/mol. The third-order valence-corrected chi connectivity index (χ3v) is 5.91. The average Bonchev–Trinajstić information content (AvgIpc) is 2.69. The summed E-state index contributed by atoms with van der Waals surface area (Å²) in [5.41, 5.74) is 0.663. The monoisotopic (exact) mass is 377 g/mol. The zero-order valence-corrected chi connectivity index (χ0v) is 16.7. The minimum Gasteiger partial charge on any atom is -0.355 e. The van der Waals surface area contributed by atoms with Crippen LogP contribution in [0, 0.1) is 5.92 Å². The van der Waals surface area contributed by atoms with Crippen LogP contribution in [0.25, 0.3) is 0 Å². The molecule has 1 aromatic rings. The minimum absolute atomic E-state index is 0.00837. The van der Waals surface area contributed by atoms with Gasteiger partial charge in [0.05, 0.1) is 11.3 Å². The Labute approximate surface area is 161 Å². The van der Waals surface area contributed by atoms with Gasteiger partial charge in [-0.25, -0.2) is 0 Å². The van der Waals surface area contributed by atoms with Gasteiger partial charge >= 0.3 is 0 Å². The van der Waals surface area contributed by atoms with Gasteiger partial charge in [-0.05, 0) is 37.9 Å². The van der Waals surface area contributed by atoms with Crippen LogP contribution in [-0.4, -0.2) is 56.2 Å². The second kappa shape index (κ2) is 11.2. The van der Waals surface area contributed by atoms with Crippen LogP contribution in [-0.2, 0) is 4.79 Å². The van der Waals surface area contributed by atoms with E-state index in [-0.39, 0.29) is 11.8 Å². The van der Waals surface area contributed by atoms with Gasteiger partial charge in [-0.1, -0.05) is 31.4 Å². The summed E-state index contributed by atoms with van der Waals surface area (Å²) < 4.78 is 0. The standard InChI is InChI=1S/C20H31N3O2S/c1-21-12-13-23(2)20(25)17-10-6-7-11-18(17)26-15-19(24)22-14-16-8-4-3-5-9-16/h6-7,10-11,16,21H,3-5,8-9,12-15H2,1-2H3,(H,22,24). The summed E-state index contributed by atoms with van der Waals surface area (Å²) in [5, 5.41) is 6.11. The van der Waals surface area contributed by atoms with Crippen LogP contribution >= 0.6 is 11.8 Å². The number of hydrogen-bond donors (Lipinski definition) is 2. The van der Waals surface area contributed by atoms with Crippen molar-refractivity contribution in [2.75, 3.05) is 39.5 Å². The van der Waals surface area contributed by atoms with Gasteiger partial charge in [-0.15, -0.1) is 11.8 Å². The lowest BCUT2D eigenvalue weighted by molar-refractivity contribution is -0.118. The molecule has 144 valence electrons. The quantitative estimate of drug-likeness (QED) is 0.650. The number of nitrogens with one attached hydrogen (secondary N) is 2. The molecule has 0 aliphatic heterocycles. The van der Waals surface area contributed by atoms with Crippen molar-refractivity contribution in [3.05, 3.63) is 29.8 Å². The summed E-state index contributed by atoms with van der Waals surface area (Å²) in [5.74, 6) is 1.02. The Balaban J connectivity index is 1.84. The van der Waals surface area contributed by atoms with Crippen LogP contribution in [0.5, 0.6) is 0 Å². The van der Waals surface area contributed by atoms with Crippen LogP contribution in [0.3, 0.4) is 0 Å². The van der Waals surface area contributed by atoms with Gasteiger partial charge in [0.2, 0.25) is 5.91 Å². The summed E-state index contributed by atoms with van der Waals surface area (Å²) in [7, 11) is 3.67. The Kier molecular flexibility index (Phi) is 8.98. The molecule has 5 nitrogen and oxygen atoms in total. The lowest BCUT2D eigenvalue weighted by Crippen LogP contribution is -2.33. The van der Waals surface area contributed by atoms with Gasteiger partial charge in [0.15, 0.2) is 0 Å². The summed E-state index contributed by atoms with van der Waals surface area (Å²) >= 11 is 1.44. The van der Waals surface area contributed by atoms with E-state index in [1.807, 2.05) is 31.3 Å². The first-order chi connectivity index (χ1) is 12.6. The number of carbonyl (C=O) groups is 2. The first-order valence-electron chi connectivity index (χ1n) is 9.50. The van der Waals surface area contributed by atoms with E-state index in [1.165, 1.54) is 43.9 Å². The zero-order valence-electron chi connectivity index (χ0n) is 15.9. The fourth-order valence-electron chi connectivity index (χ4n) is 3.20. The second-order valence-electron chi connectivity index (χ2n) is 6.92. The molecule has 2 amide bonds. The number of thioether (sulfide) groups is 1. The van der Waals surface area contributed by atoms with Crippen molar-refractivity contribution < 1.29 is 9.59 Å². The van der Waals surface area contributed by atoms with E-state index < -0.39 is 0 Å². The molecule has 26 heavy (non-hydrogen) atoms. The topological polar surface area (TPSA) is 61.4 Å². The first kappa shape index (κ1) is 20.8. The maximum absolute atomic E-state index is 12.6. The highest BCUT2D eigenvalue weighted by atomic mass is 32.2. The largest absolute Gasteiger partial charge is 0.355 e. The van der Waals surface area contributed by atoms with E-state index in [9.17, 15) is 9.59 Å². The molecule has 0 spiro atoms. The molecule has 2 N–H and O–H groups in total. The van der Waals surface area contributed by atoms with Crippen molar-refractivity contribution in [3.63, 3.8) is 0 Å². The van der Waals surface area contributed by atoms with Gasteiger partial charge < -0.3 is 15.5 Å². The van der Waals surface area contributed by atoms with E-state index in [1.54, 1.807) is 11.9 Å². The molecule has 0 unspecified atom stereocenters. The molecule has 0 heterocycles. The number of likely N-dealkylation sites (N-methyl/N-ethyl adjacent to an activating group) is 2. The molecule has 1 fully saturated rings. The molecule has 0 radical (unpaired) electrons. The Morgan fingerprint density at radius 2 is 1.92 bits per heavy atom. The molecule has 1 aliphatic rings. The predicted molar refractivity (Wildman–Crippen MR) is 108 cm³/mol. The smallest absolute Gasteiger partial charge is 0.254 e. The van der Waals surface area contributed by atoms with Gasteiger partial charge in [0.25, 0.3) is 5.91 Å². The maximum atomic E-state index is 12.6. The Bertz CT molecular complexity index is 588. The van der Waals surface area contributed by atoms with E-state index in [2.05, 4.69) is 10.6 Å². The Morgan fingerprint density at radius 3 is 2.65 bits per heavy atom. The Morgan fingerprint density at radius 1 is 1.19 bits per heavy atom. The molecule has 0 atom stereocenters. The van der Waals surface area contributed by atoms with Crippen molar-refractivity contribution in [3.8, 4) is 0 Å². The number of carbonyl (C=O) groups excluding carboxylic acids is 2. The molecular formula is C20H31N3O2S. The number of rotatable bonds is 9. The van der Waals surface area contributed by atoms with Crippen LogP contribution in [0.1, 0.15) is 42.5 Å². The van der Waals surface area contributed by atoms with E-state index in [4.69, 9.17) is 0 Å². The third kappa shape index (κ3) is 6.65.